The summed E-state index contributed by atoms with van der Waals surface area (Å²) in [5.41, 5.74) is 0.975. The smallest absolute Gasteiger partial charge is 0.307 e. The highest BCUT2D eigenvalue weighted by atomic mass is 35.5. The van der Waals surface area contributed by atoms with Crippen LogP contribution >= 0.6 is 23.7 Å². The molecule has 1 aliphatic carbocycles. The molecule has 138 valence electrons. The zero-order valence-electron chi connectivity index (χ0n) is 14.7. The van der Waals surface area contributed by atoms with E-state index in [0.717, 1.165) is 17.1 Å². The van der Waals surface area contributed by atoms with Crippen LogP contribution in [0.3, 0.4) is 0 Å². The van der Waals surface area contributed by atoms with Crippen molar-refractivity contribution >= 4 is 29.7 Å². The minimum atomic E-state index is 0. The van der Waals surface area contributed by atoms with Crippen molar-refractivity contribution in [3.05, 3.63) is 20.2 Å². The highest BCUT2D eigenvalue weighted by Crippen LogP contribution is 2.16. The van der Waals surface area contributed by atoms with Crippen molar-refractivity contribution in [1.82, 2.24) is 15.2 Å². The van der Waals surface area contributed by atoms with Gasteiger partial charge in [0.2, 0.25) is 5.91 Å². The van der Waals surface area contributed by atoms with Crippen LogP contribution in [0.1, 0.15) is 55.5 Å². The number of thiazole rings is 1. The molecule has 0 spiro atoms. The van der Waals surface area contributed by atoms with E-state index < -0.39 is 0 Å². The summed E-state index contributed by atoms with van der Waals surface area (Å²) < 4.78 is 1.70. The van der Waals surface area contributed by atoms with Crippen LogP contribution in [0.25, 0.3) is 0 Å². The highest BCUT2D eigenvalue weighted by molar-refractivity contribution is 7.09. The average molecular weight is 376 g/mol. The van der Waals surface area contributed by atoms with Gasteiger partial charge in [0.05, 0.1) is 0 Å². The number of hydrogen-bond donors (Lipinski definition) is 2. The molecule has 1 aromatic rings. The van der Waals surface area contributed by atoms with Crippen molar-refractivity contribution in [2.24, 2.45) is 0 Å². The van der Waals surface area contributed by atoms with E-state index in [1.54, 1.807) is 4.57 Å². The molecule has 0 aromatic carbocycles. The molecule has 0 aliphatic heterocycles. The van der Waals surface area contributed by atoms with Gasteiger partial charge in [-0.25, -0.2) is 0 Å². The lowest BCUT2D eigenvalue weighted by atomic mass is 10.1. The number of nitrogens with zero attached hydrogens (tertiary/aromatic N) is 1. The van der Waals surface area contributed by atoms with E-state index in [2.05, 4.69) is 10.6 Å². The monoisotopic (exact) mass is 375 g/mol. The number of amides is 1. The summed E-state index contributed by atoms with van der Waals surface area (Å²) in [5, 5.41) is 6.48. The van der Waals surface area contributed by atoms with Gasteiger partial charge < -0.3 is 15.2 Å². The van der Waals surface area contributed by atoms with Gasteiger partial charge in [-0.2, -0.15) is 0 Å². The second kappa shape index (κ2) is 10.9. The van der Waals surface area contributed by atoms with E-state index >= 15 is 0 Å². The number of carbonyl (C=O) groups excluding carboxylic acids is 1. The summed E-state index contributed by atoms with van der Waals surface area (Å²) in [4.78, 5) is 24.7. The van der Waals surface area contributed by atoms with Crippen molar-refractivity contribution in [1.29, 1.82) is 0 Å². The lowest BCUT2D eigenvalue weighted by Crippen LogP contribution is -2.37. The molecule has 2 rings (SSSR count). The Hall–Kier alpha value is -0.850. The van der Waals surface area contributed by atoms with E-state index in [-0.39, 0.29) is 23.2 Å². The minimum Gasteiger partial charge on any atom is -0.355 e. The molecule has 0 atom stereocenters. The zero-order chi connectivity index (χ0) is 16.7. The van der Waals surface area contributed by atoms with Crippen LogP contribution in [0, 0.1) is 13.8 Å². The molecule has 0 unspecified atom stereocenters. The third-order valence-corrected chi connectivity index (χ3v) is 5.67. The lowest BCUT2D eigenvalue weighted by Gasteiger charge is -2.16. The van der Waals surface area contributed by atoms with Gasteiger partial charge in [0.15, 0.2) is 0 Å². The van der Waals surface area contributed by atoms with Crippen LogP contribution in [0.5, 0.6) is 0 Å². The Morgan fingerprint density at radius 1 is 1.17 bits per heavy atom. The van der Waals surface area contributed by atoms with Crippen LogP contribution in [0.4, 0.5) is 0 Å². The number of halogens is 1. The van der Waals surface area contributed by atoms with Crippen LogP contribution in [-0.4, -0.2) is 29.6 Å². The first-order chi connectivity index (χ1) is 11.1. The first-order valence-electron chi connectivity index (χ1n) is 8.75. The summed E-state index contributed by atoms with van der Waals surface area (Å²) in [5.74, 6) is 0.0165. The second-order valence-corrected chi connectivity index (χ2v) is 7.57. The Kier molecular flexibility index (Phi) is 9.63. The lowest BCUT2D eigenvalue weighted by molar-refractivity contribution is -0.121. The SMILES string of the molecule is Cc1sc(=O)n(CCC(=O)NCCNC2CCCCCC2)c1C.Cl. The summed E-state index contributed by atoms with van der Waals surface area (Å²) in [6.45, 7) is 5.83. The van der Waals surface area contributed by atoms with Crippen LogP contribution < -0.4 is 15.5 Å². The molecule has 0 radical (unpaired) electrons. The molecule has 1 aromatic heterocycles. The fourth-order valence-electron chi connectivity index (χ4n) is 3.11. The van der Waals surface area contributed by atoms with E-state index in [1.807, 2.05) is 13.8 Å². The molecule has 5 nitrogen and oxygen atoms in total. The van der Waals surface area contributed by atoms with Crippen LogP contribution in [0.15, 0.2) is 4.79 Å². The van der Waals surface area contributed by atoms with Gasteiger partial charge in [0.1, 0.15) is 0 Å². The fourth-order valence-corrected chi connectivity index (χ4v) is 3.97. The maximum absolute atomic E-state index is 11.9. The summed E-state index contributed by atoms with van der Waals surface area (Å²) in [7, 11) is 0. The van der Waals surface area contributed by atoms with Gasteiger partial charge in [-0.1, -0.05) is 37.0 Å². The highest BCUT2D eigenvalue weighted by Gasteiger charge is 2.12. The van der Waals surface area contributed by atoms with Gasteiger partial charge in [-0.3, -0.25) is 9.59 Å². The zero-order valence-corrected chi connectivity index (χ0v) is 16.4. The van der Waals surface area contributed by atoms with E-state index in [1.165, 1.54) is 49.9 Å². The minimum absolute atomic E-state index is 0. The largest absolute Gasteiger partial charge is 0.355 e. The molecular weight excluding hydrogens is 346 g/mol. The van der Waals surface area contributed by atoms with Crippen molar-refractivity contribution in [2.45, 2.75) is 71.4 Å². The van der Waals surface area contributed by atoms with E-state index in [9.17, 15) is 9.59 Å². The van der Waals surface area contributed by atoms with Gasteiger partial charge in [-0.15, -0.1) is 12.4 Å². The molecule has 0 bridgehead atoms. The summed E-state index contributed by atoms with van der Waals surface area (Å²) in [6.07, 6.45) is 8.23. The van der Waals surface area contributed by atoms with Gasteiger partial charge >= 0.3 is 4.87 Å². The first kappa shape index (κ1) is 21.2. The molecule has 24 heavy (non-hydrogen) atoms. The first-order valence-corrected chi connectivity index (χ1v) is 9.56. The van der Waals surface area contributed by atoms with Crippen LogP contribution in [0.2, 0.25) is 0 Å². The topological polar surface area (TPSA) is 63.1 Å². The van der Waals surface area contributed by atoms with Gasteiger partial charge in [0.25, 0.3) is 0 Å². The second-order valence-electron chi connectivity index (χ2n) is 6.40. The van der Waals surface area contributed by atoms with E-state index in [0.29, 0.717) is 25.6 Å². The molecule has 1 heterocycles. The van der Waals surface area contributed by atoms with Crippen molar-refractivity contribution in [3.8, 4) is 0 Å². The van der Waals surface area contributed by atoms with Gasteiger partial charge in [-0.05, 0) is 26.7 Å². The average Bonchev–Trinajstić information content (AvgIpc) is 2.73. The maximum Gasteiger partial charge on any atom is 0.307 e. The Labute approximate surface area is 154 Å². The quantitative estimate of drug-likeness (QED) is 0.569. The standard InChI is InChI=1S/C17H29N3O2S.ClH/c1-13-14(2)23-17(22)20(13)12-9-16(21)19-11-10-18-15-7-5-3-4-6-8-15;/h15,18H,3-12H2,1-2H3,(H,19,21);1H. The normalized spacial score (nSPS) is 15.6. The molecule has 7 heteroatoms. The predicted octanol–water partition coefficient (Wildman–Crippen LogP) is 2.77. The molecule has 1 saturated carbocycles. The van der Waals surface area contributed by atoms with Gasteiger partial charge in [0, 0.05) is 42.7 Å². The molecule has 1 fully saturated rings. The van der Waals surface area contributed by atoms with Crippen molar-refractivity contribution < 1.29 is 4.79 Å². The van der Waals surface area contributed by atoms with Crippen LogP contribution in [-0.2, 0) is 11.3 Å². The van der Waals surface area contributed by atoms with Crippen molar-refractivity contribution in [3.63, 3.8) is 0 Å². The third-order valence-electron chi connectivity index (χ3n) is 4.67. The Balaban J connectivity index is 0.00000288. The number of hydrogen-bond acceptors (Lipinski definition) is 4. The Bertz CT molecular complexity index is 563. The summed E-state index contributed by atoms with van der Waals surface area (Å²) >= 11 is 1.25. The number of aryl methyl sites for hydroxylation is 1. The maximum atomic E-state index is 11.9. The predicted molar refractivity (Wildman–Crippen MR) is 102 cm³/mol. The Morgan fingerprint density at radius 2 is 1.83 bits per heavy atom. The number of aromatic nitrogens is 1. The summed E-state index contributed by atoms with van der Waals surface area (Å²) in [6, 6.07) is 0.615. The molecular formula is C17H30ClN3O2S. The van der Waals surface area contributed by atoms with E-state index in [4.69, 9.17) is 0 Å². The molecule has 1 aliphatic rings. The van der Waals surface area contributed by atoms with Crippen molar-refractivity contribution in [2.75, 3.05) is 13.1 Å². The number of nitrogens with one attached hydrogen (secondary N) is 2. The Morgan fingerprint density at radius 3 is 2.42 bits per heavy atom. The molecule has 0 saturated heterocycles. The molecule has 1 amide bonds. The number of carbonyl (C=O) groups is 1. The number of rotatable bonds is 7. The molecule has 2 N–H and O–H groups in total. The fraction of sp³-hybridized carbons (Fsp3) is 0.765. The third kappa shape index (κ3) is 6.57.